The van der Waals surface area contributed by atoms with E-state index in [2.05, 4.69) is 0 Å². The maximum atomic E-state index is 12.7. The molecule has 1 aromatic rings. The van der Waals surface area contributed by atoms with Gasteiger partial charge >= 0.3 is 0 Å². The Balaban J connectivity index is 2.46. The average molecular weight is 323 g/mol. The van der Waals surface area contributed by atoms with Crippen molar-refractivity contribution >= 4 is 17.3 Å². The van der Waals surface area contributed by atoms with Crippen LogP contribution >= 0.6 is 0 Å². The van der Waals surface area contributed by atoms with E-state index < -0.39 is 11.0 Å². The van der Waals surface area contributed by atoms with Gasteiger partial charge in [-0.15, -0.1) is 0 Å². The highest BCUT2D eigenvalue weighted by Crippen LogP contribution is 2.35. The van der Waals surface area contributed by atoms with Gasteiger partial charge in [0.1, 0.15) is 11.4 Å². The number of piperidine rings is 1. The van der Waals surface area contributed by atoms with Gasteiger partial charge < -0.3 is 19.6 Å². The van der Waals surface area contributed by atoms with Crippen molar-refractivity contribution in [2.24, 2.45) is 0 Å². The van der Waals surface area contributed by atoms with Crippen LogP contribution in [0, 0.1) is 10.1 Å². The summed E-state index contributed by atoms with van der Waals surface area (Å²) in [7, 11) is 4.79. The van der Waals surface area contributed by atoms with Gasteiger partial charge in [0, 0.05) is 39.3 Å². The molecule has 0 unspecified atom stereocenters. The first-order chi connectivity index (χ1) is 10.8. The van der Waals surface area contributed by atoms with Gasteiger partial charge in [0.25, 0.3) is 11.6 Å². The largest absolute Gasteiger partial charge is 0.496 e. The second-order valence-electron chi connectivity index (χ2n) is 5.74. The minimum atomic E-state index is -0.560. The van der Waals surface area contributed by atoms with Gasteiger partial charge in [-0.2, -0.15) is 0 Å². The van der Waals surface area contributed by atoms with E-state index in [0.29, 0.717) is 25.1 Å². The summed E-state index contributed by atoms with van der Waals surface area (Å²) in [5.74, 6) is -0.0848. The number of nitro benzene ring substituents is 1. The van der Waals surface area contributed by atoms with Gasteiger partial charge in [-0.1, -0.05) is 0 Å². The van der Waals surface area contributed by atoms with E-state index in [9.17, 15) is 20.0 Å². The average Bonchev–Trinajstić information content (AvgIpc) is 2.52. The first kappa shape index (κ1) is 17.0. The zero-order chi connectivity index (χ0) is 17.1. The number of β-amino-alcohol motifs (C(OH)–C–C–N with tert-alkyl or cyclic N) is 1. The monoisotopic (exact) mass is 323 g/mol. The minimum Gasteiger partial charge on any atom is -0.496 e. The van der Waals surface area contributed by atoms with Crippen LogP contribution in [0.5, 0.6) is 5.75 Å². The molecule has 8 heteroatoms. The molecule has 1 amide bonds. The van der Waals surface area contributed by atoms with Crippen LogP contribution in [0.15, 0.2) is 12.1 Å². The van der Waals surface area contributed by atoms with Gasteiger partial charge in [-0.05, 0) is 12.8 Å². The Morgan fingerprint density at radius 3 is 2.70 bits per heavy atom. The zero-order valence-corrected chi connectivity index (χ0v) is 13.5. The standard InChI is InChI=1S/C15H21N3O5/c1-16(2)12-8-14(23-3)11(7-13(12)18(21)22)15(20)17-6-4-5-10(19)9-17/h7-8,10,19H,4-6,9H2,1-3H3/t10-/m0/s1. The van der Waals surface area contributed by atoms with E-state index in [1.165, 1.54) is 24.1 Å². The number of carbonyl (C=O) groups is 1. The highest BCUT2D eigenvalue weighted by atomic mass is 16.6. The molecule has 8 nitrogen and oxygen atoms in total. The number of aliphatic hydroxyl groups excluding tert-OH is 1. The van der Waals surface area contributed by atoms with Crippen molar-refractivity contribution in [3.05, 3.63) is 27.8 Å². The lowest BCUT2D eigenvalue weighted by molar-refractivity contribution is -0.384. The van der Waals surface area contributed by atoms with Crippen LogP contribution < -0.4 is 9.64 Å². The molecular formula is C15H21N3O5. The first-order valence-corrected chi connectivity index (χ1v) is 7.36. The summed E-state index contributed by atoms with van der Waals surface area (Å²) < 4.78 is 5.25. The summed E-state index contributed by atoms with van der Waals surface area (Å²) >= 11 is 0. The molecule has 1 aliphatic rings. The summed E-state index contributed by atoms with van der Waals surface area (Å²) in [6.45, 7) is 0.744. The molecule has 0 spiro atoms. The van der Waals surface area contributed by atoms with Crippen LogP contribution in [0.2, 0.25) is 0 Å². The summed E-state index contributed by atoms with van der Waals surface area (Å²) in [5, 5.41) is 21.0. The zero-order valence-electron chi connectivity index (χ0n) is 13.5. The quantitative estimate of drug-likeness (QED) is 0.662. The lowest BCUT2D eigenvalue weighted by atomic mass is 10.1. The van der Waals surface area contributed by atoms with Gasteiger partial charge in [-0.3, -0.25) is 14.9 Å². The summed E-state index contributed by atoms with van der Waals surface area (Å²) in [6.07, 6.45) is 0.794. The number of methoxy groups -OCH3 is 1. The number of nitro groups is 1. The molecule has 1 fully saturated rings. The maximum Gasteiger partial charge on any atom is 0.293 e. The number of carbonyl (C=O) groups excluding carboxylic acids is 1. The lowest BCUT2D eigenvalue weighted by Gasteiger charge is -2.30. The molecule has 0 saturated carbocycles. The van der Waals surface area contributed by atoms with E-state index >= 15 is 0 Å². The highest BCUT2D eigenvalue weighted by molar-refractivity contribution is 5.99. The maximum absolute atomic E-state index is 12.7. The van der Waals surface area contributed by atoms with Crippen LogP contribution in [0.1, 0.15) is 23.2 Å². The Bertz CT molecular complexity index is 617. The predicted molar refractivity (Wildman–Crippen MR) is 85.1 cm³/mol. The molecule has 1 atom stereocenters. The van der Waals surface area contributed by atoms with Gasteiger partial charge in [-0.25, -0.2) is 0 Å². The third-order valence-corrected chi connectivity index (χ3v) is 3.89. The van der Waals surface area contributed by atoms with E-state index in [4.69, 9.17) is 4.74 Å². The van der Waals surface area contributed by atoms with Crippen LogP contribution in [0.25, 0.3) is 0 Å². The molecule has 1 N–H and O–H groups in total. The number of amides is 1. The number of nitrogens with zero attached hydrogens (tertiary/aromatic N) is 3. The van der Waals surface area contributed by atoms with Crippen molar-refractivity contribution in [1.29, 1.82) is 0 Å². The molecule has 1 saturated heterocycles. The lowest BCUT2D eigenvalue weighted by Crippen LogP contribution is -2.42. The highest BCUT2D eigenvalue weighted by Gasteiger charge is 2.29. The Morgan fingerprint density at radius 1 is 1.48 bits per heavy atom. The summed E-state index contributed by atoms with van der Waals surface area (Å²) in [4.78, 5) is 26.6. The molecule has 23 heavy (non-hydrogen) atoms. The number of aliphatic hydroxyl groups is 1. The molecule has 1 aliphatic heterocycles. The van der Waals surface area contributed by atoms with E-state index in [1.54, 1.807) is 19.0 Å². The second-order valence-corrected chi connectivity index (χ2v) is 5.74. The first-order valence-electron chi connectivity index (χ1n) is 7.36. The van der Waals surface area contributed by atoms with Gasteiger partial charge in [0.05, 0.1) is 23.7 Å². The van der Waals surface area contributed by atoms with Crippen LogP contribution in [0.4, 0.5) is 11.4 Å². The Morgan fingerprint density at radius 2 is 2.17 bits per heavy atom. The Kier molecular flexibility index (Phi) is 5.05. The predicted octanol–water partition coefficient (Wildman–Crippen LogP) is 1.27. The Hall–Kier alpha value is -2.35. The topological polar surface area (TPSA) is 96.2 Å². The number of hydrogen-bond acceptors (Lipinski definition) is 6. The summed E-state index contributed by atoms with van der Waals surface area (Å²) in [5.41, 5.74) is 0.345. The SMILES string of the molecule is COc1cc(N(C)C)c([N+](=O)[O-])cc1C(=O)N1CCC[C@H](O)C1. The van der Waals surface area contributed by atoms with Crippen molar-refractivity contribution < 1.29 is 19.6 Å². The fraction of sp³-hybridized carbons (Fsp3) is 0.533. The van der Waals surface area contributed by atoms with Crippen LogP contribution in [0.3, 0.4) is 0 Å². The molecule has 0 aromatic heterocycles. The van der Waals surface area contributed by atoms with Crippen molar-refractivity contribution in [2.75, 3.05) is 39.2 Å². The number of benzene rings is 1. The molecule has 1 heterocycles. The second kappa shape index (κ2) is 6.82. The van der Waals surface area contributed by atoms with Gasteiger partial charge in [0.15, 0.2) is 0 Å². The normalized spacial score (nSPS) is 17.7. The number of rotatable bonds is 4. The third kappa shape index (κ3) is 3.53. The third-order valence-electron chi connectivity index (χ3n) is 3.89. The molecule has 0 radical (unpaired) electrons. The van der Waals surface area contributed by atoms with Crippen molar-refractivity contribution in [3.8, 4) is 5.75 Å². The molecule has 1 aromatic carbocycles. The molecule has 0 bridgehead atoms. The van der Waals surface area contributed by atoms with Gasteiger partial charge in [0.2, 0.25) is 0 Å². The van der Waals surface area contributed by atoms with Crippen LogP contribution in [-0.4, -0.2) is 61.2 Å². The molecule has 0 aliphatic carbocycles. The fourth-order valence-electron chi connectivity index (χ4n) is 2.71. The molecule has 2 rings (SSSR count). The van der Waals surface area contributed by atoms with Crippen LogP contribution in [-0.2, 0) is 0 Å². The smallest absolute Gasteiger partial charge is 0.293 e. The van der Waals surface area contributed by atoms with E-state index in [-0.39, 0.29) is 29.5 Å². The number of hydrogen-bond donors (Lipinski definition) is 1. The number of ether oxygens (including phenoxy) is 1. The van der Waals surface area contributed by atoms with E-state index in [0.717, 1.165) is 0 Å². The van der Waals surface area contributed by atoms with Crippen molar-refractivity contribution in [3.63, 3.8) is 0 Å². The molecule has 126 valence electrons. The summed E-state index contributed by atoms with van der Waals surface area (Å²) in [6, 6.07) is 2.74. The van der Waals surface area contributed by atoms with E-state index in [1.807, 2.05) is 0 Å². The molecular weight excluding hydrogens is 302 g/mol. The minimum absolute atomic E-state index is 0.138. The van der Waals surface area contributed by atoms with Crippen molar-refractivity contribution in [1.82, 2.24) is 4.90 Å². The van der Waals surface area contributed by atoms with Crippen molar-refractivity contribution in [2.45, 2.75) is 18.9 Å². The fourth-order valence-corrected chi connectivity index (χ4v) is 2.71. The Labute approximate surface area is 134 Å². The number of anilines is 1. The number of likely N-dealkylation sites (tertiary alicyclic amines) is 1.